The van der Waals surface area contributed by atoms with E-state index in [9.17, 15) is 10.2 Å². The Morgan fingerprint density at radius 1 is 1.18 bits per heavy atom. The molecule has 0 aromatic carbocycles. The first-order chi connectivity index (χ1) is 5.04. The molecular weight excluding hydrogens is 140 g/mol. The first kappa shape index (κ1) is 9.01. The number of rotatable bonds is 1. The highest BCUT2D eigenvalue weighted by Crippen LogP contribution is 2.35. The molecule has 2 nitrogen and oxygen atoms in total. The van der Waals surface area contributed by atoms with Crippen LogP contribution < -0.4 is 0 Å². The summed E-state index contributed by atoms with van der Waals surface area (Å²) in [4.78, 5) is 0. The molecule has 0 amide bonds. The van der Waals surface area contributed by atoms with Crippen LogP contribution in [0.3, 0.4) is 0 Å². The molecule has 1 fully saturated rings. The summed E-state index contributed by atoms with van der Waals surface area (Å²) in [7, 11) is 0. The molecule has 2 heteroatoms. The lowest BCUT2D eigenvalue weighted by Gasteiger charge is -2.19. The van der Waals surface area contributed by atoms with Crippen molar-refractivity contribution in [3.05, 3.63) is 0 Å². The van der Waals surface area contributed by atoms with Gasteiger partial charge >= 0.3 is 0 Å². The second-order valence-electron chi connectivity index (χ2n) is 4.10. The Labute approximate surface area is 68.2 Å². The SMILES string of the molecule is CC(C)C1CC(C)C(O)C1O. The van der Waals surface area contributed by atoms with Gasteiger partial charge in [0.05, 0.1) is 12.2 Å². The molecule has 0 spiro atoms. The Hall–Kier alpha value is -0.0800. The second kappa shape index (κ2) is 3.11. The molecule has 0 aliphatic heterocycles. The van der Waals surface area contributed by atoms with Gasteiger partial charge in [0, 0.05) is 0 Å². The van der Waals surface area contributed by atoms with E-state index >= 15 is 0 Å². The van der Waals surface area contributed by atoms with Crippen molar-refractivity contribution in [3.8, 4) is 0 Å². The number of aliphatic hydroxyl groups excluding tert-OH is 2. The summed E-state index contributed by atoms with van der Waals surface area (Å²) in [6, 6.07) is 0. The van der Waals surface area contributed by atoms with E-state index in [1.807, 2.05) is 6.92 Å². The molecule has 4 unspecified atom stereocenters. The molecule has 11 heavy (non-hydrogen) atoms. The van der Waals surface area contributed by atoms with E-state index in [4.69, 9.17) is 0 Å². The number of hydrogen-bond donors (Lipinski definition) is 2. The van der Waals surface area contributed by atoms with Crippen molar-refractivity contribution in [2.45, 2.75) is 39.4 Å². The van der Waals surface area contributed by atoms with Gasteiger partial charge in [-0.25, -0.2) is 0 Å². The molecule has 1 saturated carbocycles. The van der Waals surface area contributed by atoms with Crippen LogP contribution in [-0.2, 0) is 0 Å². The minimum absolute atomic E-state index is 0.261. The van der Waals surface area contributed by atoms with Crippen molar-refractivity contribution in [3.63, 3.8) is 0 Å². The van der Waals surface area contributed by atoms with Crippen molar-refractivity contribution in [2.75, 3.05) is 0 Å². The van der Waals surface area contributed by atoms with E-state index in [-0.39, 0.29) is 5.92 Å². The Kier molecular flexibility index (Phi) is 2.55. The minimum Gasteiger partial charge on any atom is -0.390 e. The molecular formula is C9H18O2. The number of hydrogen-bond acceptors (Lipinski definition) is 2. The summed E-state index contributed by atoms with van der Waals surface area (Å²) in [5, 5.41) is 19.0. The zero-order chi connectivity index (χ0) is 8.59. The average molecular weight is 158 g/mol. The summed E-state index contributed by atoms with van der Waals surface area (Å²) in [5.74, 6) is 1.03. The van der Waals surface area contributed by atoms with Crippen LogP contribution in [0.15, 0.2) is 0 Å². The minimum atomic E-state index is -0.498. The van der Waals surface area contributed by atoms with Crippen LogP contribution in [0.2, 0.25) is 0 Å². The van der Waals surface area contributed by atoms with Crippen LogP contribution in [0.25, 0.3) is 0 Å². The molecule has 1 aliphatic rings. The molecule has 1 rings (SSSR count). The van der Waals surface area contributed by atoms with Gasteiger partial charge in [-0.05, 0) is 24.2 Å². The van der Waals surface area contributed by atoms with Crippen LogP contribution in [0.4, 0.5) is 0 Å². The molecule has 0 aromatic rings. The maximum absolute atomic E-state index is 9.55. The molecule has 0 saturated heterocycles. The molecule has 1 aliphatic carbocycles. The van der Waals surface area contributed by atoms with Crippen LogP contribution in [0.5, 0.6) is 0 Å². The predicted molar refractivity (Wildman–Crippen MR) is 44.1 cm³/mol. The van der Waals surface area contributed by atoms with Crippen LogP contribution >= 0.6 is 0 Å². The van der Waals surface area contributed by atoms with E-state index in [0.29, 0.717) is 11.8 Å². The third-order valence-corrected chi connectivity index (χ3v) is 2.87. The molecule has 0 heterocycles. The highest BCUT2D eigenvalue weighted by molar-refractivity contribution is 4.90. The fourth-order valence-electron chi connectivity index (χ4n) is 1.96. The predicted octanol–water partition coefficient (Wildman–Crippen LogP) is 1.02. The fourth-order valence-corrected chi connectivity index (χ4v) is 1.96. The highest BCUT2D eigenvalue weighted by atomic mass is 16.3. The molecule has 0 aromatic heterocycles. The molecule has 2 N–H and O–H groups in total. The maximum atomic E-state index is 9.55. The lowest BCUT2D eigenvalue weighted by Crippen LogP contribution is -2.29. The molecule has 0 bridgehead atoms. The van der Waals surface area contributed by atoms with Gasteiger partial charge in [0.25, 0.3) is 0 Å². The van der Waals surface area contributed by atoms with Crippen molar-refractivity contribution < 1.29 is 10.2 Å². The third-order valence-electron chi connectivity index (χ3n) is 2.87. The third kappa shape index (κ3) is 1.57. The standard InChI is InChI=1S/C9H18O2/c1-5(2)7-4-6(3)8(10)9(7)11/h5-11H,4H2,1-3H3. The Morgan fingerprint density at radius 2 is 1.73 bits per heavy atom. The van der Waals surface area contributed by atoms with Gasteiger partial charge in [-0.15, -0.1) is 0 Å². The monoisotopic (exact) mass is 158 g/mol. The highest BCUT2D eigenvalue weighted by Gasteiger charge is 2.39. The number of aliphatic hydroxyl groups is 2. The van der Waals surface area contributed by atoms with Crippen LogP contribution in [-0.4, -0.2) is 22.4 Å². The van der Waals surface area contributed by atoms with E-state index < -0.39 is 12.2 Å². The van der Waals surface area contributed by atoms with Gasteiger partial charge in [-0.1, -0.05) is 20.8 Å². The molecule has 4 atom stereocenters. The topological polar surface area (TPSA) is 40.5 Å². The van der Waals surface area contributed by atoms with E-state index in [1.54, 1.807) is 0 Å². The van der Waals surface area contributed by atoms with Crippen LogP contribution in [0.1, 0.15) is 27.2 Å². The van der Waals surface area contributed by atoms with Gasteiger partial charge in [0.1, 0.15) is 0 Å². The van der Waals surface area contributed by atoms with Crippen molar-refractivity contribution >= 4 is 0 Å². The van der Waals surface area contributed by atoms with Gasteiger partial charge in [0.2, 0.25) is 0 Å². The van der Waals surface area contributed by atoms with Crippen molar-refractivity contribution in [1.82, 2.24) is 0 Å². The first-order valence-corrected chi connectivity index (χ1v) is 4.40. The van der Waals surface area contributed by atoms with Gasteiger partial charge < -0.3 is 10.2 Å². The summed E-state index contributed by atoms with van der Waals surface area (Å²) in [6.45, 7) is 6.19. The molecule has 66 valence electrons. The van der Waals surface area contributed by atoms with Gasteiger partial charge in [-0.3, -0.25) is 0 Å². The van der Waals surface area contributed by atoms with Crippen molar-refractivity contribution in [2.24, 2.45) is 17.8 Å². The zero-order valence-corrected chi connectivity index (χ0v) is 7.49. The first-order valence-electron chi connectivity index (χ1n) is 4.40. The summed E-state index contributed by atoms with van der Waals surface area (Å²) in [6.07, 6.45) is -0.0348. The van der Waals surface area contributed by atoms with E-state index in [1.165, 1.54) is 0 Å². The second-order valence-corrected chi connectivity index (χ2v) is 4.10. The normalized spacial score (nSPS) is 45.3. The summed E-state index contributed by atoms with van der Waals surface area (Å²) in [5.41, 5.74) is 0. The van der Waals surface area contributed by atoms with Gasteiger partial charge in [-0.2, -0.15) is 0 Å². The summed E-state index contributed by atoms with van der Waals surface area (Å²) < 4.78 is 0. The lowest BCUT2D eigenvalue weighted by molar-refractivity contribution is -0.00137. The Bertz CT molecular complexity index is 134. The average Bonchev–Trinajstić information content (AvgIpc) is 2.17. The van der Waals surface area contributed by atoms with Crippen LogP contribution in [0, 0.1) is 17.8 Å². The van der Waals surface area contributed by atoms with E-state index in [0.717, 1.165) is 6.42 Å². The summed E-state index contributed by atoms with van der Waals surface area (Å²) >= 11 is 0. The molecule has 0 radical (unpaired) electrons. The quantitative estimate of drug-likeness (QED) is 0.598. The van der Waals surface area contributed by atoms with Gasteiger partial charge in [0.15, 0.2) is 0 Å². The largest absolute Gasteiger partial charge is 0.390 e. The Balaban J connectivity index is 2.59. The zero-order valence-electron chi connectivity index (χ0n) is 7.49. The smallest absolute Gasteiger partial charge is 0.0832 e. The fraction of sp³-hybridized carbons (Fsp3) is 1.00. The Morgan fingerprint density at radius 3 is 1.91 bits per heavy atom. The van der Waals surface area contributed by atoms with E-state index in [2.05, 4.69) is 13.8 Å². The maximum Gasteiger partial charge on any atom is 0.0832 e. The lowest BCUT2D eigenvalue weighted by atomic mass is 9.92. The van der Waals surface area contributed by atoms with Crippen molar-refractivity contribution in [1.29, 1.82) is 0 Å².